The third-order valence-electron chi connectivity index (χ3n) is 4.21. The van der Waals surface area contributed by atoms with Crippen molar-refractivity contribution in [3.63, 3.8) is 0 Å². The van der Waals surface area contributed by atoms with Gasteiger partial charge in [-0.25, -0.2) is 0 Å². The van der Waals surface area contributed by atoms with Gasteiger partial charge in [0, 0.05) is 30.1 Å². The van der Waals surface area contributed by atoms with Crippen molar-refractivity contribution in [2.75, 3.05) is 31.6 Å². The minimum absolute atomic E-state index is 0.444. The average Bonchev–Trinajstić information content (AvgIpc) is 2.45. The summed E-state index contributed by atoms with van der Waals surface area (Å²) in [6.45, 7) is 9.01. The molecule has 1 aliphatic rings. The summed E-state index contributed by atoms with van der Waals surface area (Å²) in [6.07, 6.45) is 1.17. The second-order valence-corrected chi connectivity index (χ2v) is 7.65. The van der Waals surface area contributed by atoms with E-state index in [0.29, 0.717) is 18.0 Å². The highest BCUT2D eigenvalue weighted by molar-refractivity contribution is 7.99. The van der Waals surface area contributed by atoms with Gasteiger partial charge in [-0.15, -0.1) is 0 Å². The van der Waals surface area contributed by atoms with E-state index < -0.39 is 0 Å². The van der Waals surface area contributed by atoms with E-state index in [-0.39, 0.29) is 0 Å². The van der Waals surface area contributed by atoms with Gasteiger partial charge in [0.25, 0.3) is 0 Å². The molecule has 0 aromatic heterocycles. The summed E-state index contributed by atoms with van der Waals surface area (Å²) in [7, 11) is 2.27. The molecule has 0 radical (unpaired) electrons. The molecule has 2 atom stereocenters. The zero-order chi connectivity index (χ0) is 15.2. The highest BCUT2D eigenvalue weighted by Crippen LogP contribution is 2.27. The summed E-state index contributed by atoms with van der Waals surface area (Å²) in [6, 6.07) is 10.3. The molecule has 0 aliphatic carbocycles. The van der Waals surface area contributed by atoms with E-state index in [4.69, 9.17) is 0 Å². The number of nitrogens with one attached hydrogen (secondary N) is 1. The van der Waals surface area contributed by atoms with Crippen LogP contribution in [0.15, 0.2) is 24.3 Å². The summed E-state index contributed by atoms with van der Waals surface area (Å²) in [4.78, 5) is 2.53. The van der Waals surface area contributed by atoms with E-state index in [0.717, 1.165) is 6.54 Å². The molecule has 1 N–H and O–H groups in total. The van der Waals surface area contributed by atoms with Crippen molar-refractivity contribution in [3.05, 3.63) is 35.4 Å². The molecule has 2 unspecified atom stereocenters. The number of hydrogen-bond acceptors (Lipinski definition) is 3. The van der Waals surface area contributed by atoms with Gasteiger partial charge in [-0.2, -0.15) is 11.8 Å². The first-order valence-corrected chi connectivity index (χ1v) is 9.37. The Morgan fingerprint density at radius 2 is 2.19 bits per heavy atom. The average molecular weight is 307 g/mol. The van der Waals surface area contributed by atoms with Crippen molar-refractivity contribution in [1.82, 2.24) is 10.2 Å². The molecule has 0 saturated carbocycles. The third-order valence-corrected chi connectivity index (χ3v) is 5.25. The Kier molecular flexibility index (Phi) is 6.59. The summed E-state index contributed by atoms with van der Waals surface area (Å²) < 4.78 is 0. The van der Waals surface area contributed by atoms with Crippen LogP contribution in [0.2, 0.25) is 0 Å². The van der Waals surface area contributed by atoms with Gasteiger partial charge in [0.1, 0.15) is 0 Å². The molecule has 21 heavy (non-hydrogen) atoms. The largest absolute Gasteiger partial charge is 0.309 e. The first-order valence-electron chi connectivity index (χ1n) is 8.22. The van der Waals surface area contributed by atoms with E-state index in [1.807, 2.05) is 0 Å². The second kappa shape index (κ2) is 8.21. The fraction of sp³-hybridized carbons (Fsp3) is 0.667. The molecule has 1 aliphatic heterocycles. The van der Waals surface area contributed by atoms with Gasteiger partial charge >= 0.3 is 0 Å². The highest BCUT2D eigenvalue weighted by Gasteiger charge is 2.28. The second-order valence-electron chi connectivity index (χ2n) is 6.50. The predicted molar refractivity (Wildman–Crippen MR) is 95.1 cm³/mol. The van der Waals surface area contributed by atoms with Crippen molar-refractivity contribution in [2.45, 2.75) is 39.3 Å². The molecule has 2 rings (SSSR count). The standard InChI is InChI=1S/C18H30N2S/c1-5-19-18(17-13-21-10-9-20(17)4)16-8-6-7-15(12-16)11-14(2)3/h6-8,12,14,17-19H,5,9-11,13H2,1-4H3. The van der Waals surface area contributed by atoms with Crippen LogP contribution in [-0.2, 0) is 6.42 Å². The molecule has 3 heteroatoms. The summed E-state index contributed by atoms with van der Waals surface area (Å²) >= 11 is 2.09. The Hall–Kier alpha value is -0.510. The van der Waals surface area contributed by atoms with Crippen LogP contribution < -0.4 is 5.32 Å². The summed E-state index contributed by atoms with van der Waals surface area (Å²) in [5, 5.41) is 3.72. The minimum atomic E-state index is 0.444. The molecule has 0 amide bonds. The molecule has 0 spiro atoms. The van der Waals surface area contributed by atoms with Gasteiger partial charge in [-0.05, 0) is 37.1 Å². The SMILES string of the molecule is CCNC(c1cccc(CC(C)C)c1)C1CSCCN1C. The Balaban J connectivity index is 2.20. The maximum Gasteiger partial charge on any atom is 0.0486 e. The lowest BCUT2D eigenvalue weighted by atomic mass is 9.94. The van der Waals surface area contributed by atoms with Gasteiger partial charge in [0.15, 0.2) is 0 Å². The Morgan fingerprint density at radius 1 is 1.38 bits per heavy atom. The Morgan fingerprint density at radius 3 is 2.86 bits per heavy atom. The molecule has 1 heterocycles. The van der Waals surface area contributed by atoms with E-state index in [9.17, 15) is 0 Å². The minimum Gasteiger partial charge on any atom is -0.309 e. The highest BCUT2D eigenvalue weighted by atomic mass is 32.2. The first kappa shape index (κ1) is 16.9. The van der Waals surface area contributed by atoms with Crippen LogP contribution in [0.4, 0.5) is 0 Å². The van der Waals surface area contributed by atoms with E-state index >= 15 is 0 Å². The number of nitrogens with zero attached hydrogens (tertiary/aromatic N) is 1. The van der Waals surface area contributed by atoms with Crippen LogP contribution in [0.25, 0.3) is 0 Å². The Labute approximate surface area is 134 Å². The number of hydrogen-bond donors (Lipinski definition) is 1. The lowest BCUT2D eigenvalue weighted by Crippen LogP contribution is -2.47. The van der Waals surface area contributed by atoms with Crippen molar-refractivity contribution in [1.29, 1.82) is 0 Å². The van der Waals surface area contributed by atoms with E-state index in [1.54, 1.807) is 0 Å². The zero-order valence-electron chi connectivity index (χ0n) is 13.9. The van der Waals surface area contributed by atoms with Crippen LogP contribution in [0.1, 0.15) is 37.9 Å². The lowest BCUT2D eigenvalue weighted by molar-refractivity contribution is 0.217. The monoisotopic (exact) mass is 306 g/mol. The molecule has 118 valence electrons. The van der Waals surface area contributed by atoms with Crippen molar-refractivity contribution in [2.24, 2.45) is 5.92 Å². The fourth-order valence-corrected chi connectivity index (χ4v) is 4.41. The summed E-state index contributed by atoms with van der Waals surface area (Å²) in [5.41, 5.74) is 2.92. The molecule has 1 fully saturated rings. The van der Waals surface area contributed by atoms with Crippen molar-refractivity contribution in [3.8, 4) is 0 Å². The van der Waals surface area contributed by atoms with Crippen LogP contribution in [0.3, 0.4) is 0 Å². The fourth-order valence-electron chi connectivity index (χ4n) is 3.14. The third kappa shape index (κ3) is 4.73. The van der Waals surface area contributed by atoms with E-state index in [1.165, 1.54) is 35.6 Å². The van der Waals surface area contributed by atoms with E-state index in [2.05, 4.69) is 74.1 Å². The summed E-state index contributed by atoms with van der Waals surface area (Å²) in [5.74, 6) is 3.20. The maximum atomic E-state index is 3.72. The quantitative estimate of drug-likeness (QED) is 0.865. The van der Waals surface area contributed by atoms with Crippen LogP contribution >= 0.6 is 11.8 Å². The van der Waals surface area contributed by atoms with Crippen LogP contribution in [0, 0.1) is 5.92 Å². The number of rotatable bonds is 6. The smallest absolute Gasteiger partial charge is 0.0486 e. The van der Waals surface area contributed by atoms with Gasteiger partial charge in [-0.3, -0.25) is 4.90 Å². The van der Waals surface area contributed by atoms with Gasteiger partial charge in [0.2, 0.25) is 0 Å². The molecular weight excluding hydrogens is 276 g/mol. The molecule has 1 aromatic carbocycles. The zero-order valence-corrected chi connectivity index (χ0v) is 14.7. The molecule has 0 bridgehead atoms. The normalized spacial score (nSPS) is 21.7. The molecular formula is C18H30N2S. The first-order chi connectivity index (χ1) is 10.1. The molecule has 2 nitrogen and oxygen atoms in total. The topological polar surface area (TPSA) is 15.3 Å². The van der Waals surface area contributed by atoms with Crippen molar-refractivity contribution >= 4 is 11.8 Å². The molecule has 1 aromatic rings. The number of benzene rings is 1. The number of thioether (sulfide) groups is 1. The van der Waals surface area contributed by atoms with Gasteiger partial charge in [0.05, 0.1) is 0 Å². The van der Waals surface area contributed by atoms with Crippen LogP contribution in [-0.4, -0.2) is 42.6 Å². The molecule has 1 saturated heterocycles. The van der Waals surface area contributed by atoms with Crippen molar-refractivity contribution < 1.29 is 0 Å². The lowest BCUT2D eigenvalue weighted by Gasteiger charge is -2.38. The predicted octanol–water partition coefficient (Wildman–Crippen LogP) is 3.58. The van der Waals surface area contributed by atoms with Gasteiger partial charge < -0.3 is 5.32 Å². The Bertz CT molecular complexity index is 433. The van der Waals surface area contributed by atoms with Crippen LogP contribution in [0.5, 0.6) is 0 Å². The number of likely N-dealkylation sites (N-methyl/N-ethyl adjacent to an activating group) is 2. The maximum absolute atomic E-state index is 3.72. The van der Waals surface area contributed by atoms with Gasteiger partial charge in [-0.1, -0.05) is 45.0 Å².